The van der Waals surface area contributed by atoms with Crippen molar-refractivity contribution in [2.24, 2.45) is 0 Å². The summed E-state index contributed by atoms with van der Waals surface area (Å²) >= 11 is 6.53. The van der Waals surface area contributed by atoms with Crippen molar-refractivity contribution in [2.75, 3.05) is 25.2 Å². The van der Waals surface area contributed by atoms with Gasteiger partial charge in [-0.15, -0.1) is 0 Å². The van der Waals surface area contributed by atoms with Gasteiger partial charge in [0, 0.05) is 25.3 Å². The number of hydrogen-bond acceptors (Lipinski definition) is 3. The number of nitrogens with one attached hydrogen (secondary N) is 1. The molecule has 0 saturated heterocycles. The predicted molar refractivity (Wildman–Crippen MR) is 99.3 cm³/mol. The molecule has 2 aromatic carbocycles. The molecule has 3 nitrogen and oxygen atoms in total. The molecule has 0 saturated carbocycles. The second-order valence-electron chi connectivity index (χ2n) is 4.91. The largest absolute Gasteiger partial charge is 0.364 e. The van der Waals surface area contributed by atoms with Gasteiger partial charge < -0.3 is 10.2 Å². The van der Waals surface area contributed by atoms with Crippen LogP contribution in [0.15, 0.2) is 54.6 Å². The van der Waals surface area contributed by atoms with Gasteiger partial charge in [0.1, 0.15) is 4.32 Å². The molecule has 1 amide bonds. The van der Waals surface area contributed by atoms with Gasteiger partial charge in [-0.05, 0) is 11.6 Å². The normalized spacial score (nSPS) is 10.1. The van der Waals surface area contributed by atoms with E-state index in [1.165, 1.54) is 11.8 Å². The van der Waals surface area contributed by atoms with Crippen LogP contribution in [0.25, 0.3) is 11.1 Å². The molecule has 5 heteroatoms. The van der Waals surface area contributed by atoms with Gasteiger partial charge in [0.2, 0.25) is 5.91 Å². The van der Waals surface area contributed by atoms with Crippen LogP contribution in [-0.4, -0.2) is 35.0 Å². The van der Waals surface area contributed by atoms with E-state index in [0.29, 0.717) is 10.1 Å². The van der Waals surface area contributed by atoms with E-state index < -0.39 is 0 Å². The maximum Gasteiger partial charge on any atom is 0.234 e. The van der Waals surface area contributed by atoms with Crippen molar-refractivity contribution in [1.29, 1.82) is 0 Å². The highest BCUT2D eigenvalue weighted by Gasteiger charge is 2.10. The standard InChI is InChI=1S/C17H18N2OS2/c1-19(2)17(21)22-12-16(20)18-15-11-7-6-10-14(15)13-8-4-3-5-9-13/h3-11H,12H2,1-2H3,(H,18,20). The van der Waals surface area contributed by atoms with Gasteiger partial charge in [0.15, 0.2) is 0 Å². The summed E-state index contributed by atoms with van der Waals surface area (Å²) in [6.07, 6.45) is 0. The minimum Gasteiger partial charge on any atom is -0.364 e. The number of anilines is 1. The topological polar surface area (TPSA) is 32.3 Å². The molecule has 1 N–H and O–H groups in total. The molecule has 0 aliphatic rings. The van der Waals surface area contributed by atoms with Crippen molar-refractivity contribution in [3.63, 3.8) is 0 Å². The molecule has 2 aromatic rings. The Morgan fingerprint density at radius 2 is 1.73 bits per heavy atom. The molecule has 0 atom stereocenters. The maximum absolute atomic E-state index is 12.1. The minimum absolute atomic E-state index is 0.0578. The molecule has 0 aliphatic carbocycles. The Kier molecular flexibility index (Phi) is 5.98. The number of carbonyl (C=O) groups is 1. The molecule has 2 rings (SSSR count). The summed E-state index contributed by atoms with van der Waals surface area (Å²) in [4.78, 5) is 13.9. The highest BCUT2D eigenvalue weighted by Crippen LogP contribution is 2.27. The van der Waals surface area contributed by atoms with Gasteiger partial charge in [0.25, 0.3) is 0 Å². The monoisotopic (exact) mass is 330 g/mol. The van der Waals surface area contributed by atoms with Crippen LogP contribution in [0.3, 0.4) is 0 Å². The fourth-order valence-corrected chi connectivity index (χ4v) is 2.67. The number of rotatable bonds is 4. The zero-order chi connectivity index (χ0) is 15.9. The van der Waals surface area contributed by atoms with Crippen molar-refractivity contribution < 1.29 is 4.79 Å². The average Bonchev–Trinajstić information content (AvgIpc) is 2.54. The van der Waals surface area contributed by atoms with Crippen molar-refractivity contribution in [3.05, 3.63) is 54.6 Å². The first-order chi connectivity index (χ1) is 10.6. The summed E-state index contributed by atoms with van der Waals surface area (Å²) in [7, 11) is 3.75. The van der Waals surface area contributed by atoms with Crippen LogP contribution in [0, 0.1) is 0 Å². The summed E-state index contributed by atoms with van der Waals surface area (Å²) in [5.74, 6) is 0.248. The van der Waals surface area contributed by atoms with Gasteiger partial charge in [-0.25, -0.2) is 0 Å². The Labute approximate surface area is 140 Å². The van der Waals surface area contributed by atoms with Crippen LogP contribution in [0.2, 0.25) is 0 Å². The predicted octanol–water partition coefficient (Wildman–Crippen LogP) is 3.87. The Morgan fingerprint density at radius 3 is 2.41 bits per heavy atom. The molecule has 114 valence electrons. The van der Waals surface area contributed by atoms with Crippen LogP contribution in [0.5, 0.6) is 0 Å². The average molecular weight is 330 g/mol. The van der Waals surface area contributed by atoms with Gasteiger partial charge in [-0.2, -0.15) is 0 Å². The SMILES string of the molecule is CN(C)C(=S)SCC(=O)Nc1ccccc1-c1ccccc1. The summed E-state index contributed by atoms with van der Waals surface area (Å²) in [5, 5.41) is 2.97. The summed E-state index contributed by atoms with van der Waals surface area (Å²) in [6, 6.07) is 17.8. The third-order valence-electron chi connectivity index (χ3n) is 2.98. The smallest absolute Gasteiger partial charge is 0.234 e. The molecular formula is C17H18N2OS2. The molecule has 22 heavy (non-hydrogen) atoms. The highest BCUT2D eigenvalue weighted by atomic mass is 32.2. The van der Waals surface area contributed by atoms with Crippen LogP contribution >= 0.6 is 24.0 Å². The van der Waals surface area contributed by atoms with E-state index in [1.807, 2.05) is 73.6 Å². The maximum atomic E-state index is 12.1. The molecule has 0 fully saturated rings. The highest BCUT2D eigenvalue weighted by molar-refractivity contribution is 8.23. The fraction of sp³-hybridized carbons (Fsp3) is 0.176. The lowest BCUT2D eigenvalue weighted by molar-refractivity contribution is -0.113. The number of amides is 1. The van der Waals surface area contributed by atoms with E-state index in [0.717, 1.165) is 16.8 Å². The Balaban J connectivity index is 2.07. The molecule has 0 spiro atoms. The van der Waals surface area contributed by atoms with Crippen molar-refractivity contribution in [2.45, 2.75) is 0 Å². The molecule has 0 bridgehead atoms. The quantitative estimate of drug-likeness (QED) is 0.863. The number of benzene rings is 2. The zero-order valence-corrected chi connectivity index (χ0v) is 14.2. The van der Waals surface area contributed by atoms with Crippen molar-refractivity contribution in [1.82, 2.24) is 4.90 Å². The second-order valence-corrected chi connectivity index (χ2v) is 6.52. The second kappa shape index (κ2) is 7.96. The lowest BCUT2D eigenvalue weighted by Gasteiger charge is -2.14. The molecule has 0 unspecified atom stereocenters. The Morgan fingerprint density at radius 1 is 1.09 bits per heavy atom. The van der Waals surface area contributed by atoms with E-state index in [-0.39, 0.29) is 5.91 Å². The third kappa shape index (κ3) is 4.58. The van der Waals surface area contributed by atoms with E-state index in [2.05, 4.69) is 5.32 Å². The summed E-state index contributed by atoms with van der Waals surface area (Å²) in [6.45, 7) is 0. The first kappa shape index (κ1) is 16.5. The number of thiocarbonyl (C=S) groups is 1. The van der Waals surface area contributed by atoms with Gasteiger partial charge in [-0.3, -0.25) is 4.79 Å². The Hall–Kier alpha value is -1.85. The van der Waals surface area contributed by atoms with Crippen LogP contribution in [-0.2, 0) is 4.79 Å². The van der Waals surface area contributed by atoms with Gasteiger partial charge in [-0.1, -0.05) is 72.5 Å². The molecular weight excluding hydrogens is 312 g/mol. The zero-order valence-electron chi connectivity index (χ0n) is 12.6. The summed E-state index contributed by atoms with van der Waals surface area (Å²) < 4.78 is 0.700. The lowest BCUT2D eigenvalue weighted by atomic mass is 10.0. The van der Waals surface area contributed by atoms with Gasteiger partial charge >= 0.3 is 0 Å². The number of thioether (sulfide) groups is 1. The van der Waals surface area contributed by atoms with Crippen LogP contribution in [0.1, 0.15) is 0 Å². The number of nitrogens with zero attached hydrogens (tertiary/aromatic N) is 1. The van der Waals surface area contributed by atoms with E-state index >= 15 is 0 Å². The molecule has 0 aromatic heterocycles. The van der Waals surface area contributed by atoms with Crippen LogP contribution < -0.4 is 5.32 Å². The molecule has 0 aliphatic heterocycles. The summed E-state index contributed by atoms with van der Waals surface area (Å²) in [5.41, 5.74) is 2.90. The van der Waals surface area contributed by atoms with E-state index in [4.69, 9.17) is 12.2 Å². The first-order valence-electron chi connectivity index (χ1n) is 6.86. The van der Waals surface area contributed by atoms with Crippen LogP contribution in [0.4, 0.5) is 5.69 Å². The van der Waals surface area contributed by atoms with E-state index in [1.54, 1.807) is 0 Å². The van der Waals surface area contributed by atoms with E-state index in [9.17, 15) is 4.79 Å². The minimum atomic E-state index is -0.0578. The van der Waals surface area contributed by atoms with Crippen molar-refractivity contribution in [3.8, 4) is 11.1 Å². The van der Waals surface area contributed by atoms with Gasteiger partial charge in [0.05, 0.1) is 5.75 Å². The van der Waals surface area contributed by atoms with Crippen molar-refractivity contribution >= 4 is 39.9 Å². The fourth-order valence-electron chi connectivity index (χ4n) is 1.90. The molecule has 0 heterocycles. The number of hydrogen-bond donors (Lipinski definition) is 1. The number of para-hydroxylation sites is 1. The third-order valence-corrected chi connectivity index (χ3v) is 4.72. The number of carbonyl (C=O) groups excluding carboxylic acids is 1. The Bertz CT molecular complexity index is 657. The first-order valence-corrected chi connectivity index (χ1v) is 8.25. The lowest BCUT2D eigenvalue weighted by Crippen LogP contribution is -2.21. The molecule has 0 radical (unpaired) electrons.